The van der Waals surface area contributed by atoms with Crippen molar-refractivity contribution in [3.63, 3.8) is 0 Å². The van der Waals surface area contributed by atoms with Gasteiger partial charge in [-0.1, -0.05) is 41.9 Å². The van der Waals surface area contributed by atoms with Gasteiger partial charge in [0.2, 0.25) is 0 Å². The van der Waals surface area contributed by atoms with E-state index in [9.17, 15) is 9.18 Å². The molecule has 0 unspecified atom stereocenters. The first-order chi connectivity index (χ1) is 12.6. The Morgan fingerprint density at radius 1 is 1.04 bits per heavy atom. The first-order valence-corrected chi connectivity index (χ1v) is 8.78. The van der Waals surface area contributed by atoms with Crippen LogP contribution >= 0.6 is 11.6 Å². The third-order valence-corrected chi connectivity index (χ3v) is 3.86. The van der Waals surface area contributed by atoms with Gasteiger partial charge in [-0.15, -0.1) is 0 Å². The fourth-order valence-electron chi connectivity index (χ4n) is 2.23. The Kier molecular flexibility index (Phi) is 7.89. The van der Waals surface area contributed by atoms with Crippen LogP contribution < -0.4 is 16.0 Å². The van der Waals surface area contributed by atoms with Gasteiger partial charge in [-0.05, 0) is 25.1 Å². The lowest BCUT2D eigenvalue weighted by Gasteiger charge is -2.12. The van der Waals surface area contributed by atoms with Crippen molar-refractivity contribution in [3.8, 4) is 0 Å². The van der Waals surface area contributed by atoms with Crippen LogP contribution in [0, 0.1) is 5.82 Å². The smallest absolute Gasteiger partial charge is 0.252 e. The Balaban J connectivity index is 1.83. The topological polar surface area (TPSA) is 65.5 Å². The molecule has 5 nitrogen and oxygen atoms in total. The average molecular weight is 377 g/mol. The van der Waals surface area contributed by atoms with E-state index in [0.717, 1.165) is 0 Å². The molecule has 0 atom stereocenters. The number of nitrogens with zero attached hydrogens (tertiary/aromatic N) is 1. The van der Waals surface area contributed by atoms with E-state index in [0.29, 0.717) is 41.7 Å². The van der Waals surface area contributed by atoms with Crippen molar-refractivity contribution in [1.82, 2.24) is 16.0 Å². The standard InChI is InChI=1S/C19H22ClFN4O/c1-2-22-19(25-13-14-7-3-6-10-17(14)21)24-12-11-23-18(26)15-8-4-5-9-16(15)20/h3-10H,2,11-13H2,1H3,(H,23,26)(H2,22,24,25). The van der Waals surface area contributed by atoms with Crippen LogP contribution in [-0.4, -0.2) is 31.5 Å². The minimum absolute atomic E-state index is 0.230. The summed E-state index contributed by atoms with van der Waals surface area (Å²) in [4.78, 5) is 16.4. The van der Waals surface area contributed by atoms with Crippen molar-refractivity contribution in [2.24, 2.45) is 4.99 Å². The minimum atomic E-state index is -0.279. The number of hydrogen-bond donors (Lipinski definition) is 3. The molecule has 2 rings (SSSR count). The molecule has 0 saturated carbocycles. The lowest BCUT2D eigenvalue weighted by atomic mass is 10.2. The second kappa shape index (κ2) is 10.4. The van der Waals surface area contributed by atoms with Crippen molar-refractivity contribution in [2.75, 3.05) is 19.6 Å². The van der Waals surface area contributed by atoms with E-state index in [1.807, 2.05) is 6.92 Å². The molecule has 0 radical (unpaired) electrons. The summed E-state index contributed by atoms with van der Waals surface area (Å²) in [5.41, 5.74) is 0.964. The van der Waals surface area contributed by atoms with Crippen molar-refractivity contribution < 1.29 is 9.18 Å². The molecule has 0 saturated heterocycles. The average Bonchev–Trinajstić information content (AvgIpc) is 2.64. The quantitative estimate of drug-likeness (QED) is 0.395. The van der Waals surface area contributed by atoms with Gasteiger partial charge in [0, 0.05) is 25.2 Å². The number of guanidine groups is 1. The number of benzene rings is 2. The van der Waals surface area contributed by atoms with Gasteiger partial charge in [0.05, 0.1) is 17.1 Å². The predicted octanol–water partition coefficient (Wildman–Crippen LogP) is 2.96. The van der Waals surface area contributed by atoms with Gasteiger partial charge in [0.25, 0.3) is 5.91 Å². The van der Waals surface area contributed by atoms with Crippen LogP contribution in [0.5, 0.6) is 0 Å². The summed E-state index contributed by atoms with van der Waals surface area (Å²) in [6.07, 6.45) is 0. The van der Waals surface area contributed by atoms with Crippen LogP contribution in [0.2, 0.25) is 5.02 Å². The number of nitrogens with one attached hydrogen (secondary N) is 3. The number of carbonyl (C=O) groups excluding carboxylic acids is 1. The maximum absolute atomic E-state index is 13.6. The maximum Gasteiger partial charge on any atom is 0.252 e. The molecule has 0 aromatic heterocycles. The molecule has 3 N–H and O–H groups in total. The molecule has 0 spiro atoms. The molecule has 26 heavy (non-hydrogen) atoms. The van der Waals surface area contributed by atoms with Gasteiger partial charge in [-0.3, -0.25) is 4.79 Å². The fraction of sp³-hybridized carbons (Fsp3) is 0.263. The van der Waals surface area contributed by atoms with E-state index in [4.69, 9.17) is 11.6 Å². The lowest BCUT2D eigenvalue weighted by molar-refractivity contribution is 0.0954. The normalized spacial score (nSPS) is 11.1. The highest BCUT2D eigenvalue weighted by Crippen LogP contribution is 2.14. The van der Waals surface area contributed by atoms with Gasteiger partial charge >= 0.3 is 0 Å². The highest BCUT2D eigenvalue weighted by Gasteiger charge is 2.08. The van der Waals surface area contributed by atoms with E-state index < -0.39 is 0 Å². The van der Waals surface area contributed by atoms with Gasteiger partial charge in [0.15, 0.2) is 5.96 Å². The molecule has 0 aliphatic carbocycles. The number of amides is 1. The molecule has 0 aliphatic rings. The third-order valence-electron chi connectivity index (χ3n) is 3.53. The zero-order valence-corrected chi connectivity index (χ0v) is 15.3. The lowest BCUT2D eigenvalue weighted by Crippen LogP contribution is -2.41. The minimum Gasteiger partial charge on any atom is -0.357 e. The number of rotatable bonds is 7. The Hall–Kier alpha value is -2.60. The monoisotopic (exact) mass is 376 g/mol. The first-order valence-electron chi connectivity index (χ1n) is 8.40. The van der Waals surface area contributed by atoms with Crippen LogP contribution in [0.25, 0.3) is 0 Å². The number of halogens is 2. The van der Waals surface area contributed by atoms with E-state index in [-0.39, 0.29) is 18.3 Å². The highest BCUT2D eigenvalue weighted by atomic mass is 35.5. The first kappa shape index (κ1) is 19.7. The van der Waals surface area contributed by atoms with Crippen LogP contribution in [0.4, 0.5) is 4.39 Å². The van der Waals surface area contributed by atoms with Crippen LogP contribution in [-0.2, 0) is 6.54 Å². The molecule has 138 valence electrons. The summed E-state index contributed by atoms with van der Waals surface area (Å²) in [7, 11) is 0. The van der Waals surface area contributed by atoms with Crippen molar-refractivity contribution >= 4 is 23.5 Å². The van der Waals surface area contributed by atoms with E-state index in [2.05, 4.69) is 20.9 Å². The molecular weight excluding hydrogens is 355 g/mol. The van der Waals surface area contributed by atoms with Gasteiger partial charge in [-0.2, -0.15) is 0 Å². The maximum atomic E-state index is 13.6. The zero-order chi connectivity index (χ0) is 18.8. The van der Waals surface area contributed by atoms with Crippen LogP contribution in [0.3, 0.4) is 0 Å². The van der Waals surface area contributed by atoms with Gasteiger partial charge in [-0.25, -0.2) is 9.38 Å². The number of aliphatic imine (C=N–C) groups is 1. The van der Waals surface area contributed by atoms with Crippen LogP contribution in [0.1, 0.15) is 22.8 Å². The molecule has 2 aromatic carbocycles. The number of carbonyl (C=O) groups is 1. The highest BCUT2D eigenvalue weighted by molar-refractivity contribution is 6.33. The Morgan fingerprint density at radius 3 is 2.46 bits per heavy atom. The van der Waals surface area contributed by atoms with Crippen molar-refractivity contribution in [3.05, 3.63) is 70.5 Å². The second-order valence-corrected chi connectivity index (χ2v) is 5.86. The molecule has 0 heterocycles. The number of hydrogen-bond acceptors (Lipinski definition) is 2. The SMILES string of the molecule is CCNC(=NCc1ccccc1F)NCCNC(=O)c1ccccc1Cl. The molecule has 0 bridgehead atoms. The summed E-state index contributed by atoms with van der Waals surface area (Å²) < 4.78 is 13.6. The summed E-state index contributed by atoms with van der Waals surface area (Å²) in [6.45, 7) is 3.72. The second-order valence-electron chi connectivity index (χ2n) is 5.45. The van der Waals surface area contributed by atoms with Crippen LogP contribution in [0.15, 0.2) is 53.5 Å². The van der Waals surface area contributed by atoms with E-state index in [1.54, 1.807) is 42.5 Å². The molecule has 0 fully saturated rings. The zero-order valence-electron chi connectivity index (χ0n) is 14.6. The Labute approximate surface area is 157 Å². The Morgan fingerprint density at radius 2 is 1.73 bits per heavy atom. The summed E-state index contributed by atoms with van der Waals surface area (Å²) in [5, 5.41) is 9.39. The fourth-order valence-corrected chi connectivity index (χ4v) is 2.45. The molecular formula is C19H22ClFN4O. The summed E-state index contributed by atoms with van der Waals surface area (Å²) in [6, 6.07) is 13.4. The largest absolute Gasteiger partial charge is 0.357 e. The van der Waals surface area contributed by atoms with E-state index >= 15 is 0 Å². The molecule has 2 aromatic rings. The summed E-state index contributed by atoms with van der Waals surface area (Å²) in [5.74, 6) is 0.0487. The molecule has 1 amide bonds. The third kappa shape index (κ3) is 6.04. The molecule has 0 aliphatic heterocycles. The Bertz CT molecular complexity index is 767. The van der Waals surface area contributed by atoms with E-state index in [1.165, 1.54) is 6.07 Å². The molecule has 7 heteroatoms. The summed E-state index contributed by atoms with van der Waals surface area (Å²) >= 11 is 6.00. The van der Waals surface area contributed by atoms with Gasteiger partial charge in [0.1, 0.15) is 5.82 Å². The van der Waals surface area contributed by atoms with Crippen molar-refractivity contribution in [2.45, 2.75) is 13.5 Å². The van der Waals surface area contributed by atoms with Gasteiger partial charge < -0.3 is 16.0 Å². The van der Waals surface area contributed by atoms with Crippen molar-refractivity contribution in [1.29, 1.82) is 0 Å². The predicted molar refractivity (Wildman–Crippen MR) is 103 cm³/mol.